The highest BCUT2D eigenvalue weighted by molar-refractivity contribution is 7.34. The summed E-state index contributed by atoms with van der Waals surface area (Å²) in [5.41, 5.74) is 1.20. The smallest absolute Gasteiger partial charge is 0.192 e. The minimum Gasteiger partial charge on any atom is -0.269 e. The van der Waals surface area contributed by atoms with Crippen LogP contribution in [0.15, 0.2) is 24.3 Å². The Kier molecular flexibility index (Phi) is 1.96. The SMILES string of the molecule is Cc1ccc(P=O)cc1. The van der Waals surface area contributed by atoms with Crippen LogP contribution in [0.4, 0.5) is 0 Å². The molecule has 0 unspecified atom stereocenters. The van der Waals surface area contributed by atoms with Gasteiger partial charge in [-0.2, -0.15) is 0 Å². The zero-order chi connectivity index (χ0) is 6.69. The molecule has 9 heavy (non-hydrogen) atoms. The van der Waals surface area contributed by atoms with Crippen LogP contribution < -0.4 is 5.30 Å². The number of hydrogen-bond acceptors (Lipinski definition) is 1. The lowest BCUT2D eigenvalue weighted by molar-refractivity contribution is 0.603. The minimum absolute atomic E-state index is 0.102. The molecule has 0 N–H and O–H groups in total. The monoisotopic (exact) mass is 138 g/mol. The first-order valence-electron chi connectivity index (χ1n) is 2.73. The molecule has 0 radical (unpaired) electrons. The standard InChI is InChI=1S/C7H7OP/c1-6-2-4-7(9-8)5-3-6/h2-5H,1H3. The Labute approximate surface area is 55.9 Å². The summed E-state index contributed by atoms with van der Waals surface area (Å²) in [4.78, 5) is 0. The van der Waals surface area contributed by atoms with E-state index in [0.717, 1.165) is 5.30 Å². The summed E-state index contributed by atoms with van der Waals surface area (Å²) in [6.07, 6.45) is 0. The molecule has 0 aromatic heterocycles. The fourth-order valence-electron chi connectivity index (χ4n) is 0.606. The van der Waals surface area contributed by atoms with Crippen molar-refractivity contribution in [3.63, 3.8) is 0 Å². The van der Waals surface area contributed by atoms with Crippen molar-refractivity contribution >= 4 is 13.8 Å². The number of hydrogen-bond donors (Lipinski definition) is 0. The predicted octanol–water partition coefficient (Wildman–Crippen LogP) is 1.91. The molecule has 1 rings (SSSR count). The lowest BCUT2D eigenvalue weighted by Gasteiger charge is -1.88. The van der Waals surface area contributed by atoms with Crippen LogP contribution in [0.3, 0.4) is 0 Å². The summed E-state index contributed by atoms with van der Waals surface area (Å²) in [6.45, 7) is 2.01. The van der Waals surface area contributed by atoms with E-state index in [-0.39, 0.29) is 8.46 Å². The molecule has 0 amide bonds. The maximum atomic E-state index is 10.2. The quantitative estimate of drug-likeness (QED) is 0.542. The van der Waals surface area contributed by atoms with Crippen molar-refractivity contribution in [3.05, 3.63) is 29.8 Å². The molecular formula is C7H7OP. The summed E-state index contributed by atoms with van der Waals surface area (Å²) >= 11 is 0. The molecule has 0 aliphatic rings. The van der Waals surface area contributed by atoms with Gasteiger partial charge in [0.05, 0.1) is 0 Å². The van der Waals surface area contributed by atoms with Crippen LogP contribution in [0.25, 0.3) is 0 Å². The molecular weight excluding hydrogens is 131 g/mol. The van der Waals surface area contributed by atoms with Crippen LogP contribution >= 0.6 is 8.46 Å². The second-order valence-electron chi connectivity index (χ2n) is 1.93. The van der Waals surface area contributed by atoms with E-state index in [2.05, 4.69) is 0 Å². The zero-order valence-electron chi connectivity index (χ0n) is 5.16. The normalized spacial score (nSPS) is 9.89. The second kappa shape index (κ2) is 2.75. The molecule has 1 aromatic carbocycles. The van der Waals surface area contributed by atoms with E-state index in [1.165, 1.54) is 5.56 Å². The van der Waals surface area contributed by atoms with E-state index in [1.807, 2.05) is 31.2 Å². The Morgan fingerprint density at radius 2 is 1.78 bits per heavy atom. The van der Waals surface area contributed by atoms with Crippen molar-refractivity contribution in [1.82, 2.24) is 0 Å². The third-order valence-corrected chi connectivity index (χ3v) is 1.65. The maximum absolute atomic E-state index is 10.2. The zero-order valence-corrected chi connectivity index (χ0v) is 6.06. The molecule has 0 fully saturated rings. The fourth-order valence-corrected chi connectivity index (χ4v) is 0.876. The minimum atomic E-state index is 0.102. The highest BCUT2D eigenvalue weighted by Gasteiger charge is 1.86. The Bertz CT molecular complexity index is 203. The summed E-state index contributed by atoms with van der Waals surface area (Å²) in [5, 5.41) is 0.834. The summed E-state index contributed by atoms with van der Waals surface area (Å²) < 4.78 is 10.2. The van der Waals surface area contributed by atoms with Gasteiger partial charge in [-0.25, -0.2) is 0 Å². The van der Waals surface area contributed by atoms with E-state index in [1.54, 1.807) is 0 Å². The van der Waals surface area contributed by atoms with Crippen molar-refractivity contribution in [2.75, 3.05) is 0 Å². The summed E-state index contributed by atoms with van der Waals surface area (Å²) in [7, 11) is 0.102. The Hall–Kier alpha value is -0.680. The van der Waals surface area contributed by atoms with Gasteiger partial charge in [0, 0.05) is 5.30 Å². The predicted molar refractivity (Wildman–Crippen MR) is 38.4 cm³/mol. The van der Waals surface area contributed by atoms with Gasteiger partial charge in [0.25, 0.3) is 0 Å². The molecule has 0 spiro atoms. The van der Waals surface area contributed by atoms with Gasteiger partial charge in [0.1, 0.15) is 0 Å². The van der Waals surface area contributed by atoms with Crippen LogP contribution in [0, 0.1) is 6.92 Å². The molecule has 0 atom stereocenters. The number of benzene rings is 1. The van der Waals surface area contributed by atoms with E-state index in [4.69, 9.17) is 0 Å². The molecule has 2 heteroatoms. The van der Waals surface area contributed by atoms with Crippen molar-refractivity contribution in [2.45, 2.75) is 6.92 Å². The van der Waals surface area contributed by atoms with Gasteiger partial charge in [-0.3, -0.25) is 4.57 Å². The van der Waals surface area contributed by atoms with E-state index in [9.17, 15) is 4.57 Å². The Morgan fingerprint density at radius 1 is 1.22 bits per heavy atom. The average Bonchev–Trinajstić information content (AvgIpc) is 1.90. The van der Waals surface area contributed by atoms with Gasteiger partial charge >= 0.3 is 0 Å². The molecule has 1 aromatic rings. The van der Waals surface area contributed by atoms with Gasteiger partial charge < -0.3 is 0 Å². The van der Waals surface area contributed by atoms with Gasteiger partial charge in [0.2, 0.25) is 0 Å². The van der Waals surface area contributed by atoms with E-state index in [0.29, 0.717) is 0 Å². The molecule has 0 saturated carbocycles. The van der Waals surface area contributed by atoms with Gasteiger partial charge in [-0.05, 0) is 19.1 Å². The van der Waals surface area contributed by atoms with Gasteiger partial charge in [-0.1, -0.05) is 17.7 Å². The van der Waals surface area contributed by atoms with E-state index >= 15 is 0 Å². The molecule has 0 aliphatic heterocycles. The Morgan fingerprint density at radius 3 is 2.22 bits per heavy atom. The van der Waals surface area contributed by atoms with Crippen molar-refractivity contribution < 1.29 is 4.57 Å². The van der Waals surface area contributed by atoms with Gasteiger partial charge in [-0.15, -0.1) is 0 Å². The second-order valence-corrected chi connectivity index (χ2v) is 2.63. The lowest BCUT2D eigenvalue weighted by Crippen LogP contribution is -1.87. The van der Waals surface area contributed by atoms with Crippen molar-refractivity contribution in [1.29, 1.82) is 0 Å². The topological polar surface area (TPSA) is 17.1 Å². The summed E-state index contributed by atoms with van der Waals surface area (Å²) in [5.74, 6) is 0. The molecule has 0 saturated heterocycles. The van der Waals surface area contributed by atoms with Crippen LogP contribution in [-0.4, -0.2) is 0 Å². The molecule has 0 aliphatic carbocycles. The van der Waals surface area contributed by atoms with Crippen LogP contribution in [-0.2, 0) is 4.57 Å². The van der Waals surface area contributed by atoms with Crippen LogP contribution in [0.1, 0.15) is 5.56 Å². The first-order valence-corrected chi connectivity index (χ1v) is 3.54. The average molecular weight is 138 g/mol. The molecule has 46 valence electrons. The largest absolute Gasteiger partial charge is 0.269 e. The van der Waals surface area contributed by atoms with Crippen molar-refractivity contribution in [3.8, 4) is 0 Å². The summed E-state index contributed by atoms with van der Waals surface area (Å²) in [6, 6.07) is 7.59. The van der Waals surface area contributed by atoms with Crippen LogP contribution in [0.2, 0.25) is 0 Å². The molecule has 0 heterocycles. The molecule has 0 bridgehead atoms. The third kappa shape index (κ3) is 1.62. The highest BCUT2D eigenvalue weighted by Crippen LogP contribution is 1.98. The first kappa shape index (κ1) is 6.44. The first-order chi connectivity index (χ1) is 4.33. The fraction of sp³-hybridized carbons (Fsp3) is 0.143. The number of rotatable bonds is 1. The maximum Gasteiger partial charge on any atom is 0.192 e. The highest BCUT2D eigenvalue weighted by atomic mass is 31.1. The van der Waals surface area contributed by atoms with E-state index < -0.39 is 0 Å². The van der Waals surface area contributed by atoms with Crippen LogP contribution in [0.5, 0.6) is 0 Å². The Balaban J connectivity index is 3.01. The van der Waals surface area contributed by atoms with Crippen molar-refractivity contribution in [2.24, 2.45) is 0 Å². The third-order valence-electron chi connectivity index (χ3n) is 1.14. The van der Waals surface area contributed by atoms with Gasteiger partial charge in [0.15, 0.2) is 8.46 Å². The molecule has 1 nitrogen and oxygen atoms in total. The number of aryl methyl sites for hydroxylation is 1. The lowest BCUT2D eigenvalue weighted by atomic mass is 10.2.